The van der Waals surface area contributed by atoms with Gasteiger partial charge in [-0.25, -0.2) is 0 Å². The Morgan fingerprint density at radius 3 is 2.68 bits per heavy atom. The molecule has 0 amide bonds. The molecule has 0 bridgehead atoms. The lowest BCUT2D eigenvalue weighted by Crippen LogP contribution is -2.03. The van der Waals surface area contributed by atoms with Crippen molar-refractivity contribution in [2.45, 2.75) is 25.7 Å². The molecule has 3 rings (SSSR count). The van der Waals surface area contributed by atoms with Crippen LogP contribution < -0.4 is 5.32 Å². The third kappa shape index (κ3) is 2.60. The molecule has 1 saturated carbocycles. The lowest BCUT2D eigenvalue weighted by molar-refractivity contribution is 1.15. The second kappa shape index (κ2) is 4.97. The predicted octanol–water partition coefficient (Wildman–Crippen LogP) is 5.31. The molecule has 2 aromatic rings. The molecule has 1 N–H and O–H groups in total. The lowest BCUT2D eigenvalue weighted by atomic mass is 9.98. The summed E-state index contributed by atoms with van der Waals surface area (Å²) in [5.41, 5.74) is 3.44. The quantitative estimate of drug-likeness (QED) is 0.576. The SMILES string of the molecule is Cc1ccc2c(C3CC3)cc(Cl)c(NC(=S)S)c2c1. The fraction of sp³-hybridized carbons (Fsp3) is 0.267. The van der Waals surface area contributed by atoms with Crippen LogP contribution in [0.5, 0.6) is 0 Å². The average Bonchev–Trinajstić information content (AvgIpc) is 3.16. The summed E-state index contributed by atoms with van der Waals surface area (Å²) in [4.78, 5) is 0. The van der Waals surface area contributed by atoms with Crippen LogP contribution in [0.1, 0.15) is 29.9 Å². The lowest BCUT2D eigenvalue weighted by Gasteiger charge is -2.14. The summed E-state index contributed by atoms with van der Waals surface area (Å²) in [6.45, 7) is 2.08. The largest absolute Gasteiger partial charge is 0.340 e. The summed E-state index contributed by atoms with van der Waals surface area (Å²) < 4.78 is 0.434. The maximum Gasteiger partial charge on any atom is 0.135 e. The predicted molar refractivity (Wildman–Crippen MR) is 90.9 cm³/mol. The van der Waals surface area contributed by atoms with Crippen LogP contribution in [0, 0.1) is 6.92 Å². The molecule has 0 aliphatic heterocycles. The first-order chi connectivity index (χ1) is 9.06. The van der Waals surface area contributed by atoms with Gasteiger partial charge in [-0.2, -0.15) is 0 Å². The Hall–Kier alpha value is -0.770. The second-order valence-electron chi connectivity index (χ2n) is 5.08. The Labute approximate surface area is 128 Å². The van der Waals surface area contributed by atoms with Crippen LogP contribution >= 0.6 is 36.4 Å². The van der Waals surface area contributed by atoms with E-state index in [-0.39, 0.29) is 0 Å². The van der Waals surface area contributed by atoms with E-state index < -0.39 is 0 Å². The van der Waals surface area contributed by atoms with Gasteiger partial charge in [0, 0.05) is 5.39 Å². The van der Waals surface area contributed by atoms with Crippen molar-refractivity contribution in [3.8, 4) is 0 Å². The highest BCUT2D eigenvalue weighted by atomic mass is 35.5. The van der Waals surface area contributed by atoms with Gasteiger partial charge in [-0.1, -0.05) is 41.5 Å². The number of hydrogen-bond acceptors (Lipinski definition) is 1. The zero-order valence-corrected chi connectivity index (χ0v) is 13.0. The molecule has 0 unspecified atom stereocenters. The third-order valence-corrected chi connectivity index (χ3v) is 4.04. The minimum absolute atomic E-state index is 0.434. The van der Waals surface area contributed by atoms with E-state index >= 15 is 0 Å². The molecule has 0 heterocycles. The highest BCUT2D eigenvalue weighted by molar-refractivity contribution is 8.11. The van der Waals surface area contributed by atoms with Crippen molar-refractivity contribution >= 4 is 57.2 Å². The van der Waals surface area contributed by atoms with Crippen LogP contribution in [-0.4, -0.2) is 4.32 Å². The molecule has 1 nitrogen and oxygen atoms in total. The molecule has 0 aromatic heterocycles. The molecule has 4 heteroatoms. The highest BCUT2D eigenvalue weighted by Crippen LogP contribution is 2.46. The first-order valence-corrected chi connectivity index (χ1v) is 7.52. The number of benzene rings is 2. The number of hydrogen-bond donors (Lipinski definition) is 2. The van der Waals surface area contributed by atoms with Crippen molar-refractivity contribution in [2.24, 2.45) is 0 Å². The van der Waals surface area contributed by atoms with E-state index in [0.717, 1.165) is 16.1 Å². The van der Waals surface area contributed by atoms with Gasteiger partial charge in [0.15, 0.2) is 0 Å². The zero-order valence-electron chi connectivity index (χ0n) is 10.5. The molecule has 0 spiro atoms. The molecule has 1 aliphatic rings. The Balaban J connectivity index is 2.29. The van der Waals surface area contributed by atoms with E-state index in [1.165, 1.54) is 29.4 Å². The summed E-state index contributed by atoms with van der Waals surface area (Å²) in [7, 11) is 0. The molecule has 2 aromatic carbocycles. The van der Waals surface area contributed by atoms with Gasteiger partial charge >= 0.3 is 0 Å². The molecule has 0 atom stereocenters. The summed E-state index contributed by atoms with van der Waals surface area (Å²) in [6, 6.07) is 8.55. The number of halogens is 1. The van der Waals surface area contributed by atoms with E-state index in [2.05, 4.69) is 49.1 Å². The molecular weight excluding hydrogens is 294 g/mol. The normalized spacial score (nSPS) is 14.7. The maximum absolute atomic E-state index is 6.42. The molecule has 0 radical (unpaired) electrons. The van der Waals surface area contributed by atoms with Gasteiger partial charge in [-0.3, -0.25) is 0 Å². The number of thiol groups is 1. The molecule has 1 fully saturated rings. The maximum atomic E-state index is 6.42. The fourth-order valence-corrected chi connectivity index (χ4v) is 2.98. The van der Waals surface area contributed by atoms with Crippen LogP contribution in [0.15, 0.2) is 24.3 Å². The Morgan fingerprint density at radius 2 is 2.05 bits per heavy atom. The summed E-state index contributed by atoms with van der Waals surface area (Å²) in [6.07, 6.45) is 2.52. The molecule has 1 aliphatic carbocycles. The van der Waals surface area contributed by atoms with E-state index in [9.17, 15) is 0 Å². The highest BCUT2D eigenvalue weighted by Gasteiger charge is 2.26. The van der Waals surface area contributed by atoms with Crippen molar-refractivity contribution in [1.29, 1.82) is 0 Å². The van der Waals surface area contributed by atoms with Crippen molar-refractivity contribution in [3.63, 3.8) is 0 Å². The van der Waals surface area contributed by atoms with Crippen molar-refractivity contribution in [2.75, 3.05) is 5.32 Å². The van der Waals surface area contributed by atoms with Gasteiger partial charge in [0.1, 0.15) is 4.32 Å². The Morgan fingerprint density at radius 1 is 1.32 bits per heavy atom. The number of rotatable bonds is 2. The minimum Gasteiger partial charge on any atom is -0.340 e. The van der Waals surface area contributed by atoms with E-state index in [1.54, 1.807) is 0 Å². The Bertz CT molecular complexity index is 677. The van der Waals surface area contributed by atoms with Crippen LogP contribution in [0.2, 0.25) is 5.02 Å². The van der Waals surface area contributed by atoms with E-state index in [0.29, 0.717) is 10.2 Å². The van der Waals surface area contributed by atoms with E-state index in [4.69, 9.17) is 23.8 Å². The van der Waals surface area contributed by atoms with Gasteiger partial charge < -0.3 is 5.32 Å². The molecule has 0 saturated heterocycles. The van der Waals surface area contributed by atoms with Gasteiger partial charge in [0.2, 0.25) is 0 Å². The topological polar surface area (TPSA) is 12.0 Å². The molecule has 98 valence electrons. The fourth-order valence-electron chi connectivity index (χ4n) is 2.50. The Kier molecular flexibility index (Phi) is 3.46. The first kappa shape index (κ1) is 13.2. The molecular formula is C15H14ClNS2. The summed E-state index contributed by atoms with van der Waals surface area (Å²) in [5.74, 6) is 0.666. The van der Waals surface area contributed by atoms with Gasteiger partial charge in [-0.05, 0) is 48.8 Å². The number of fused-ring (bicyclic) bond motifs is 1. The molecule has 19 heavy (non-hydrogen) atoms. The standard InChI is InChI=1S/C15H14ClNS2/c1-8-2-5-10-11(9-3-4-9)7-13(16)14(12(10)6-8)17-15(18)19/h2,5-7,9H,3-4H2,1H3,(H2,17,18,19). The van der Waals surface area contributed by atoms with Crippen molar-refractivity contribution < 1.29 is 0 Å². The summed E-state index contributed by atoms with van der Waals surface area (Å²) in [5, 5.41) is 6.21. The number of aryl methyl sites for hydroxylation is 1. The van der Waals surface area contributed by atoms with Crippen molar-refractivity contribution in [3.05, 3.63) is 40.4 Å². The van der Waals surface area contributed by atoms with Crippen molar-refractivity contribution in [1.82, 2.24) is 0 Å². The number of thiocarbonyl (C=S) groups is 1. The van der Waals surface area contributed by atoms with Crippen LogP contribution in [0.3, 0.4) is 0 Å². The van der Waals surface area contributed by atoms with Gasteiger partial charge in [0.05, 0.1) is 10.7 Å². The number of nitrogens with one attached hydrogen (secondary N) is 1. The minimum atomic E-state index is 0.434. The smallest absolute Gasteiger partial charge is 0.135 e. The van der Waals surface area contributed by atoms with Crippen LogP contribution in [-0.2, 0) is 0 Å². The van der Waals surface area contributed by atoms with Gasteiger partial charge in [0.25, 0.3) is 0 Å². The second-order valence-corrected chi connectivity index (χ2v) is 6.64. The number of anilines is 1. The monoisotopic (exact) mass is 307 g/mol. The van der Waals surface area contributed by atoms with Crippen LogP contribution in [0.25, 0.3) is 10.8 Å². The zero-order chi connectivity index (χ0) is 13.6. The summed E-state index contributed by atoms with van der Waals surface area (Å²) >= 11 is 15.6. The third-order valence-electron chi connectivity index (χ3n) is 3.53. The van der Waals surface area contributed by atoms with Crippen LogP contribution in [0.4, 0.5) is 5.69 Å². The average molecular weight is 308 g/mol. The first-order valence-electron chi connectivity index (χ1n) is 6.29. The van der Waals surface area contributed by atoms with E-state index in [1.807, 2.05) is 0 Å². The van der Waals surface area contributed by atoms with Gasteiger partial charge in [-0.15, -0.1) is 12.6 Å².